The molecule has 0 aliphatic heterocycles. The number of aryl methyl sites for hydroxylation is 1. The summed E-state index contributed by atoms with van der Waals surface area (Å²) < 4.78 is 0. The molecule has 88 valence electrons. The van der Waals surface area contributed by atoms with Crippen molar-refractivity contribution in [2.45, 2.75) is 26.9 Å². The zero-order valence-corrected chi connectivity index (χ0v) is 10.1. The summed E-state index contributed by atoms with van der Waals surface area (Å²) in [6, 6.07) is 0. The van der Waals surface area contributed by atoms with Gasteiger partial charge in [-0.3, -0.25) is 4.79 Å². The van der Waals surface area contributed by atoms with Gasteiger partial charge in [0.15, 0.2) is 5.96 Å². The fourth-order valence-electron chi connectivity index (χ4n) is 1.08. The molecule has 0 unspecified atom stereocenters. The molecule has 7 heteroatoms. The average molecular weight is 241 g/mol. The number of hydrogen-bond donors (Lipinski definition) is 3. The molecule has 16 heavy (non-hydrogen) atoms. The molecule has 1 aromatic rings. The van der Waals surface area contributed by atoms with E-state index in [1.807, 2.05) is 6.92 Å². The van der Waals surface area contributed by atoms with Crippen LogP contribution in [-0.4, -0.2) is 16.9 Å². The van der Waals surface area contributed by atoms with E-state index in [2.05, 4.69) is 15.3 Å². The van der Waals surface area contributed by atoms with Crippen molar-refractivity contribution in [2.24, 2.45) is 16.5 Å². The minimum Gasteiger partial charge on any atom is -0.370 e. The molecular weight excluding hydrogens is 226 g/mol. The number of nitrogens with one attached hydrogen (secondary N) is 1. The number of thiazole rings is 1. The van der Waals surface area contributed by atoms with E-state index >= 15 is 0 Å². The molecule has 1 rings (SSSR count). The SMILES string of the molecule is CC(=O)NCc1sc(CN=C(N)N)nc1C. The van der Waals surface area contributed by atoms with E-state index in [1.165, 1.54) is 18.3 Å². The molecule has 1 aromatic heterocycles. The minimum atomic E-state index is -0.0569. The first kappa shape index (κ1) is 12.4. The van der Waals surface area contributed by atoms with Crippen LogP contribution in [0.15, 0.2) is 4.99 Å². The van der Waals surface area contributed by atoms with Crippen molar-refractivity contribution in [3.63, 3.8) is 0 Å². The Kier molecular flexibility index (Phi) is 4.24. The lowest BCUT2D eigenvalue weighted by atomic mass is 10.4. The number of aliphatic imine (C=N–C) groups is 1. The highest BCUT2D eigenvalue weighted by Crippen LogP contribution is 2.18. The fourth-order valence-corrected chi connectivity index (χ4v) is 2.02. The van der Waals surface area contributed by atoms with Crippen LogP contribution in [0.2, 0.25) is 0 Å². The lowest BCUT2D eigenvalue weighted by Crippen LogP contribution is -2.22. The Balaban J connectivity index is 2.66. The Morgan fingerprint density at radius 2 is 2.25 bits per heavy atom. The van der Waals surface area contributed by atoms with Gasteiger partial charge in [0.25, 0.3) is 0 Å². The van der Waals surface area contributed by atoms with Crippen LogP contribution in [-0.2, 0) is 17.9 Å². The Labute approximate surface area is 97.8 Å². The van der Waals surface area contributed by atoms with Crippen LogP contribution in [0.1, 0.15) is 22.5 Å². The fraction of sp³-hybridized carbons (Fsp3) is 0.444. The maximum Gasteiger partial charge on any atom is 0.217 e. The number of amides is 1. The van der Waals surface area contributed by atoms with E-state index < -0.39 is 0 Å². The third kappa shape index (κ3) is 3.85. The molecule has 0 saturated carbocycles. The normalized spacial score (nSPS) is 9.88. The quantitative estimate of drug-likeness (QED) is 0.504. The van der Waals surface area contributed by atoms with E-state index in [9.17, 15) is 4.79 Å². The van der Waals surface area contributed by atoms with Gasteiger partial charge in [-0.15, -0.1) is 11.3 Å². The summed E-state index contributed by atoms with van der Waals surface area (Å²) in [5.74, 6) is -0.00478. The molecule has 6 nitrogen and oxygen atoms in total. The van der Waals surface area contributed by atoms with Crippen molar-refractivity contribution >= 4 is 23.2 Å². The van der Waals surface area contributed by atoms with Crippen molar-refractivity contribution < 1.29 is 4.79 Å². The summed E-state index contributed by atoms with van der Waals surface area (Å²) in [5.41, 5.74) is 11.4. The van der Waals surface area contributed by atoms with Crippen LogP contribution >= 0.6 is 11.3 Å². The first-order chi connectivity index (χ1) is 7.49. The number of aromatic nitrogens is 1. The Morgan fingerprint density at radius 3 is 2.81 bits per heavy atom. The van der Waals surface area contributed by atoms with Crippen LogP contribution in [0.25, 0.3) is 0 Å². The molecule has 0 spiro atoms. The maximum atomic E-state index is 10.8. The molecule has 0 saturated heterocycles. The Hall–Kier alpha value is -1.63. The van der Waals surface area contributed by atoms with E-state index in [0.717, 1.165) is 15.6 Å². The minimum absolute atomic E-state index is 0.0521. The molecule has 0 bridgehead atoms. The lowest BCUT2D eigenvalue weighted by molar-refractivity contribution is -0.119. The second-order valence-electron chi connectivity index (χ2n) is 3.27. The lowest BCUT2D eigenvalue weighted by Gasteiger charge is -1.98. The van der Waals surface area contributed by atoms with Gasteiger partial charge in [-0.25, -0.2) is 9.98 Å². The van der Waals surface area contributed by atoms with Crippen molar-refractivity contribution in [3.05, 3.63) is 15.6 Å². The molecule has 0 aliphatic carbocycles. The molecule has 1 heterocycles. The van der Waals surface area contributed by atoms with Gasteiger partial charge in [0, 0.05) is 11.8 Å². The number of hydrogen-bond acceptors (Lipinski definition) is 4. The van der Waals surface area contributed by atoms with E-state index in [4.69, 9.17) is 11.5 Å². The average Bonchev–Trinajstić information content (AvgIpc) is 2.53. The molecule has 5 N–H and O–H groups in total. The van der Waals surface area contributed by atoms with Crippen molar-refractivity contribution in [2.75, 3.05) is 0 Å². The molecule has 0 atom stereocenters. The van der Waals surface area contributed by atoms with Crippen LogP contribution in [0.5, 0.6) is 0 Å². The summed E-state index contributed by atoms with van der Waals surface area (Å²) >= 11 is 1.50. The predicted molar refractivity (Wildman–Crippen MR) is 63.9 cm³/mol. The third-order valence-corrected chi connectivity index (χ3v) is 2.97. The summed E-state index contributed by atoms with van der Waals surface area (Å²) in [6.07, 6.45) is 0. The monoisotopic (exact) mass is 241 g/mol. The third-order valence-electron chi connectivity index (χ3n) is 1.83. The van der Waals surface area contributed by atoms with Crippen LogP contribution in [0.4, 0.5) is 0 Å². The maximum absolute atomic E-state index is 10.8. The summed E-state index contributed by atoms with van der Waals surface area (Å²) in [4.78, 5) is 20.0. The van der Waals surface area contributed by atoms with Gasteiger partial charge in [-0.05, 0) is 6.92 Å². The largest absolute Gasteiger partial charge is 0.370 e. The summed E-state index contributed by atoms with van der Waals surface area (Å²) in [6.45, 7) is 4.26. The molecule has 0 fully saturated rings. The number of carbonyl (C=O) groups excluding carboxylic acids is 1. The molecule has 0 radical (unpaired) electrons. The van der Waals surface area contributed by atoms with Crippen molar-refractivity contribution in [3.8, 4) is 0 Å². The van der Waals surface area contributed by atoms with E-state index in [1.54, 1.807) is 0 Å². The van der Waals surface area contributed by atoms with Crippen LogP contribution in [0, 0.1) is 6.92 Å². The molecule has 0 aromatic carbocycles. The number of guanidine groups is 1. The van der Waals surface area contributed by atoms with Crippen molar-refractivity contribution in [1.82, 2.24) is 10.3 Å². The number of nitrogens with zero attached hydrogens (tertiary/aromatic N) is 2. The first-order valence-electron chi connectivity index (χ1n) is 4.74. The second kappa shape index (κ2) is 5.45. The highest BCUT2D eigenvalue weighted by Gasteiger charge is 2.07. The van der Waals surface area contributed by atoms with Gasteiger partial charge >= 0.3 is 0 Å². The van der Waals surface area contributed by atoms with Crippen LogP contribution < -0.4 is 16.8 Å². The summed E-state index contributed by atoms with van der Waals surface area (Å²) in [7, 11) is 0. The topological polar surface area (TPSA) is 106 Å². The zero-order valence-electron chi connectivity index (χ0n) is 9.28. The number of nitrogens with two attached hydrogens (primary N) is 2. The zero-order chi connectivity index (χ0) is 12.1. The van der Waals surface area contributed by atoms with Gasteiger partial charge in [-0.1, -0.05) is 0 Å². The van der Waals surface area contributed by atoms with Gasteiger partial charge in [0.1, 0.15) is 5.01 Å². The van der Waals surface area contributed by atoms with Gasteiger partial charge < -0.3 is 16.8 Å². The molecular formula is C9H15N5OS. The second-order valence-corrected chi connectivity index (χ2v) is 4.44. The van der Waals surface area contributed by atoms with E-state index in [0.29, 0.717) is 13.1 Å². The molecule has 1 amide bonds. The smallest absolute Gasteiger partial charge is 0.217 e. The number of rotatable bonds is 4. The van der Waals surface area contributed by atoms with Gasteiger partial charge in [0.05, 0.1) is 18.8 Å². The molecule has 0 aliphatic rings. The highest BCUT2D eigenvalue weighted by molar-refractivity contribution is 7.11. The highest BCUT2D eigenvalue weighted by atomic mass is 32.1. The first-order valence-corrected chi connectivity index (χ1v) is 5.55. The summed E-state index contributed by atoms with van der Waals surface area (Å²) in [5, 5.41) is 3.57. The van der Waals surface area contributed by atoms with Gasteiger partial charge in [0.2, 0.25) is 5.91 Å². The van der Waals surface area contributed by atoms with E-state index in [-0.39, 0.29) is 11.9 Å². The van der Waals surface area contributed by atoms with Gasteiger partial charge in [-0.2, -0.15) is 0 Å². The Morgan fingerprint density at radius 1 is 1.56 bits per heavy atom. The Bertz CT molecular complexity index is 408. The predicted octanol–water partition coefficient (Wildman–Crippen LogP) is -0.139. The van der Waals surface area contributed by atoms with Crippen molar-refractivity contribution in [1.29, 1.82) is 0 Å². The standard InChI is InChI=1S/C9H15N5OS/c1-5-7(3-12-6(2)15)16-8(14-5)4-13-9(10)11/h3-4H2,1-2H3,(H,12,15)(H4,10,11,13). The van der Waals surface area contributed by atoms with Crippen LogP contribution in [0.3, 0.4) is 0 Å². The number of carbonyl (C=O) groups is 1.